The molecule has 0 bridgehead atoms. The summed E-state index contributed by atoms with van der Waals surface area (Å²) in [6.07, 6.45) is 8.90. The van der Waals surface area contributed by atoms with Crippen molar-refractivity contribution in [3.05, 3.63) is 68.8 Å². The van der Waals surface area contributed by atoms with Crippen molar-refractivity contribution in [2.45, 2.75) is 55.4 Å². The molecule has 0 amide bonds. The number of sulfonamides is 1. The molecule has 4 aromatic heterocycles. The predicted octanol–water partition coefficient (Wildman–Crippen LogP) is 1.88. The molecule has 1 saturated carbocycles. The van der Waals surface area contributed by atoms with E-state index >= 15 is 0 Å². The van der Waals surface area contributed by atoms with Gasteiger partial charge in [0.15, 0.2) is 0 Å². The van der Waals surface area contributed by atoms with E-state index in [2.05, 4.69) is 19.7 Å². The van der Waals surface area contributed by atoms with Gasteiger partial charge in [-0.1, -0.05) is 6.07 Å². The highest BCUT2D eigenvalue weighted by Gasteiger charge is 2.41. The number of hydrogen-bond donors (Lipinski definition) is 1. The number of pyridine rings is 1. The standard InChI is InChI=1S/C25H29N7O4S2/c1-25(7-8-25)28-38(35,36)21-11-19-22(33)31(16-18-13-27-29(2)14-18)24(34)32(23(19)37-21)15-17-5-6-20(26-12-17)30-9-3-4-10-30/h5-6,11-14,28H,3-4,7-10,15-16H2,1-2H3. The molecule has 6 rings (SSSR count). The zero-order valence-electron chi connectivity index (χ0n) is 21.3. The quantitative estimate of drug-likeness (QED) is 0.352. The molecule has 0 unspecified atom stereocenters. The van der Waals surface area contributed by atoms with E-state index in [1.165, 1.54) is 10.6 Å². The fraction of sp³-hybridized carbons (Fsp3) is 0.440. The Balaban J connectivity index is 1.44. The summed E-state index contributed by atoms with van der Waals surface area (Å²) >= 11 is 0.944. The summed E-state index contributed by atoms with van der Waals surface area (Å²) < 4.78 is 33.3. The molecule has 2 aliphatic rings. The van der Waals surface area contributed by atoms with Crippen molar-refractivity contribution < 1.29 is 8.42 Å². The lowest BCUT2D eigenvalue weighted by Crippen LogP contribution is -2.40. The summed E-state index contributed by atoms with van der Waals surface area (Å²) in [6, 6.07) is 5.26. The van der Waals surface area contributed by atoms with Crippen LogP contribution in [0.4, 0.5) is 5.82 Å². The van der Waals surface area contributed by atoms with Crippen molar-refractivity contribution in [1.82, 2.24) is 28.6 Å². The van der Waals surface area contributed by atoms with E-state index < -0.39 is 26.8 Å². The van der Waals surface area contributed by atoms with E-state index in [4.69, 9.17) is 0 Å². The summed E-state index contributed by atoms with van der Waals surface area (Å²) in [5.41, 5.74) is -0.0198. The number of aryl methyl sites for hydroxylation is 1. The summed E-state index contributed by atoms with van der Waals surface area (Å²) in [6.45, 7) is 3.99. The van der Waals surface area contributed by atoms with E-state index in [1.54, 1.807) is 30.3 Å². The van der Waals surface area contributed by atoms with Crippen molar-refractivity contribution >= 4 is 37.4 Å². The van der Waals surface area contributed by atoms with Gasteiger partial charge < -0.3 is 4.90 Å². The van der Waals surface area contributed by atoms with Gasteiger partial charge >= 0.3 is 5.69 Å². The van der Waals surface area contributed by atoms with Gasteiger partial charge in [-0.25, -0.2) is 22.9 Å². The number of rotatable bonds is 8. The first kappa shape index (κ1) is 25.0. The fourth-order valence-corrected chi connectivity index (χ4v) is 7.72. The molecule has 0 aromatic carbocycles. The lowest BCUT2D eigenvalue weighted by molar-refractivity contribution is 0.560. The predicted molar refractivity (Wildman–Crippen MR) is 145 cm³/mol. The Kier molecular flexibility index (Phi) is 6.04. The van der Waals surface area contributed by atoms with Gasteiger partial charge in [0.2, 0.25) is 0 Å². The van der Waals surface area contributed by atoms with Crippen molar-refractivity contribution in [2.75, 3.05) is 18.0 Å². The smallest absolute Gasteiger partial charge is 0.332 e. The van der Waals surface area contributed by atoms with E-state index in [0.717, 1.165) is 66.1 Å². The number of nitrogens with one attached hydrogen (secondary N) is 1. The van der Waals surface area contributed by atoms with Gasteiger partial charge in [0.1, 0.15) is 14.9 Å². The molecule has 200 valence electrons. The normalized spacial score (nSPS) is 16.9. The average Bonchev–Trinajstić information content (AvgIpc) is 3.34. The maximum atomic E-state index is 13.7. The molecular weight excluding hydrogens is 526 g/mol. The van der Waals surface area contributed by atoms with Crippen LogP contribution >= 0.6 is 11.3 Å². The van der Waals surface area contributed by atoms with Gasteiger partial charge in [-0.15, -0.1) is 11.3 Å². The van der Waals surface area contributed by atoms with Crippen LogP contribution in [0.15, 0.2) is 50.6 Å². The molecule has 5 heterocycles. The van der Waals surface area contributed by atoms with Crippen molar-refractivity contribution in [3.63, 3.8) is 0 Å². The van der Waals surface area contributed by atoms with Crippen LogP contribution in [-0.4, -0.2) is 50.9 Å². The number of aromatic nitrogens is 5. The van der Waals surface area contributed by atoms with Crippen LogP contribution < -0.4 is 20.9 Å². The minimum Gasteiger partial charge on any atom is -0.357 e. The molecule has 0 spiro atoms. The van der Waals surface area contributed by atoms with Crippen LogP contribution in [0.2, 0.25) is 0 Å². The molecule has 0 atom stereocenters. The van der Waals surface area contributed by atoms with Crippen molar-refractivity contribution in [1.29, 1.82) is 0 Å². The summed E-state index contributed by atoms with van der Waals surface area (Å²) in [5, 5.41) is 4.33. The molecule has 0 radical (unpaired) electrons. The molecule has 38 heavy (non-hydrogen) atoms. The molecule has 13 heteroatoms. The number of nitrogens with zero attached hydrogens (tertiary/aromatic N) is 6. The second-order valence-electron chi connectivity index (χ2n) is 10.5. The molecule has 11 nitrogen and oxygen atoms in total. The lowest BCUT2D eigenvalue weighted by atomic mass is 10.2. The Morgan fingerprint density at radius 1 is 1.05 bits per heavy atom. The monoisotopic (exact) mass is 555 g/mol. The molecular formula is C25H29N7O4S2. The van der Waals surface area contributed by atoms with Crippen LogP contribution in [-0.2, 0) is 30.2 Å². The number of anilines is 1. The molecule has 4 aromatic rings. The third-order valence-electron chi connectivity index (χ3n) is 7.20. The van der Waals surface area contributed by atoms with Gasteiger partial charge in [-0.3, -0.25) is 18.6 Å². The van der Waals surface area contributed by atoms with Gasteiger partial charge in [0.25, 0.3) is 15.6 Å². The molecule has 1 saturated heterocycles. The maximum Gasteiger partial charge on any atom is 0.332 e. The maximum absolute atomic E-state index is 13.7. The van der Waals surface area contributed by atoms with Gasteiger partial charge in [0.05, 0.1) is 24.7 Å². The van der Waals surface area contributed by atoms with Gasteiger partial charge in [-0.05, 0) is 50.3 Å². The third-order valence-corrected chi connectivity index (χ3v) is 10.5. The van der Waals surface area contributed by atoms with Crippen LogP contribution in [0.25, 0.3) is 10.2 Å². The topological polar surface area (TPSA) is 124 Å². The zero-order valence-corrected chi connectivity index (χ0v) is 22.9. The Morgan fingerprint density at radius 2 is 1.79 bits per heavy atom. The summed E-state index contributed by atoms with van der Waals surface area (Å²) in [4.78, 5) is 34.3. The largest absolute Gasteiger partial charge is 0.357 e. The Bertz CT molecular complexity index is 1740. The Labute approximate surface area is 223 Å². The highest BCUT2D eigenvalue weighted by Crippen LogP contribution is 2.37. The van der Waals surface area contributed by atoms with E-state index in [9.17, 15) is 18.0 Å². The number of hydrogen-bond acceptors (Lipinski definition) is 8. The van der Waals surface area contributed by atoms with Crippen LogP contribution in [0.3, 0.4) is 0 Å². The zero-order chi connectivity index (χ0) is 26.7. The van der Waals surface area contributed by atoms with Crippen LogP contribution in [0.1, 0.15) is 43.7 Å². The minimum atomic E-state index is -3.85. The van der Waals surface area contributed by atoms with Crippen LogP contribution in [0.5, 0.6) is 0 Å². The summed E-state index contributed by atoms with van der Waals surface area (Å²) in [7, 11) is -2.09. The average molecular weight is 556 g/mol. The second-order valence-corrected chi connectivity index (χ2v) is 13.4. The first-order chi connectivity index (χ1) is 18.1. The Morgan fingerprint density at radius 3 is 2.42 bits per heavy atom. The first-order valence-corrected chi connectivity index (χ1v) is 14.9. The van der Waals surface area contributed by atoms with E-state index in [-0.39, 0.29) is 22.7 Å². The molecule has 1 aliphatic heterocycles. The fourth-order valence-electron chi connectivity index (χ4n) is 4.82. The first-order valence-electron chi connectivity index (χ1n) is 12.6. The summed E-state index contributed by atoms with van der Waals surface area (Å²) in [5.74, 6) is 0.898. The lowest BCUT2D eigenvalue weighted by Gasteiger charge is -2.16. The van der Waals surface area contributed by atoms with Crippen molar-refractivity contribution in [2.24, 2.45) is 7.05 Å². The van der Waals surface area contributed by atoms with E-state index in [1.807, 2.05) is 19.1 Å². The highest BCUT2D eigenvalue weighted by molar-refractivity contribution is 7.91. The van der Waals surface area contributed by atoms with Crippen molar-refractivity contribution in [3.8, 4) is 0 Å². The minimum absolute atomic E-state index is 0.0208. The highest BCUT2D eigenvalue weighted by atomic mass is 32.2. The van der Waals surface area contributed by atoms with Gasteiger partial charge in [0, 0.05) is 43.6 Å². The molecule has 1 aliphatic carbocycles. The second kappa shape index (κ2) is 9.17. The number of thiophene rings is 1. The van der Waals surface area contributed by atoms with E-state index in [0.29, 0.717) is 10.4 Å². The molecule has 2 fully saturated rings. The Hall–Kier alpha value is -3.29. The SMILES string of the molecule is Cn1cc(Cn2c(=O)c3cc(S(=O)(=O)NC4(C)CC4)sc3n(Cc3ccc(N4CCCC4)nc3)c2=O)cn1. The number of fused-ring (bicyclic) bond motifs is 1. The van der Waals surface area contributed by atoms with Gasteiger partial charge in [-0.2, -0.15) is 5.10 Å². The van der Waals surface area contributed by atoms with Crippen LogP contribution in [0, 0.1) is 0 Å². The third kappa shape index (κ3) is 4.69. The molecule has 1 N–H and O–H groups in total.